The highest BCUT2D eigenvalue weighted by Gasteiger charge is 2.44. The first-order chi connectivity index (χ1) is 11.7. The first-order valence-corrected chi connectivity index (χ1v) is 8.47. The summed E-state index contributed by atoms with van der Waals surface area (Å²) in [5, 5.41) is 7.87. The van der Waals surface area contributed by atoms with Gasteiger partial charge in [-0.3, -0.25) is 0 Å². The summed E-state index contributed by atoms with van der Waals surface area (Å²) in [5.74, 6) is 0.935. The van der Waals surface area contributed by atoms with Crippen LogP contribution in [0.3, 0.4) is 0 Å². The molecule has 2 aromatic rings. The van der Waals surface area contributed by atoms with Gasteiger partial charge in [-0.15, -0.1) is 0 Å². The van der Waals surface area contributed by atoms with Crippen LogP contribution in [0.2, 0.25) is 5.02 Å². The minimum atomic E-state index is -0.268. The predicted molar refractivity (Wildman–Crippen MR) is 101 cm³/mol. The van der Waals surface area contributed by atoms with Crippen LogP contribution in [0.5, 0.6) is 0 Å². The Labute approximate surface area is 146 Å². The molecule has 5 heteroatoms. The number of fused-ring (bicyclic) bond motifs is 2. The molecule has 0 spiro atoms. The number of hydrogen-bond donors (Lipinski definition) is 3. The minimum absolute atomic E-state index is 0.268. The van der Waals surface area contributed by atoms with Gasteiger partial charge in [0.05, 0.1) is 11.4 Å². The molecule has 1 saturated heterocycles. The van der Waals surface area contributed by atoms with Crippen LogP contribution in [-0.2, 0) is 0 Å². The average molecular weight is 339 g/mol. The van der Waals surface area contributed by atoms with E-state index in [1.165, 1.54) is 0 Å². The van der Waals surface area contributed by atoms with Gasteiger partial charge in [-0.25, -0.2) is 4.99 Å². The zero-order valence-electron chi connectivity index (χ0n) is 13.2. The second-order valence-electron chi connectivity index (χ2n) is 6.22. The van der Waals surface area contributed by atoms with Crippen molar-refractivity contribution in [3.05, 3.63) is 64.8 Å². The molecule has 122 valence electrons. The molecule has 0 amide bonds. The number of amidine groups is 1. The fraction of sp³-hybridized carbons (Fsp3) is 0.211. The fourth-order valence-corrected chi connectivity index (χ4v) is 3.59. The Morgan fingerprint density at radius 2 is 1.96 bits per heavy atom. The maximum Gasteiger partial charge on any atom is 0.133 e. The smallest absolute Gasteiger partial charge is 0.133 e. The molecule has 0 aliphatic carbocycles. The van der Waals surface area contributed by atoms with Crippen LogP contribution in [0.15, 0.2) is 59.2 Å². The van der Waals surface area contributed by atoms with Crippen LogP contribution in [0.1, 0.15) is 18.4 Å². The fourth-order valence-electron chi connectivity index (χ4n) is 3.40. The van der Waals surface area contributed by atoms with Crippen molar-refractivity contribution in [1.29, 1.82) is 0 Å². The Bertz CT molecular complexity index is 843. The molecule has 2 aromatic carbocycles. The van der Waals surface area contributed by atoms with E-state index in [-0.39, 0.29) is 5.54 Å². The van der Waals surface area contributed by atoms with Gasteiger partial charge in [-0.2, -0.15) is 0 Å². The lowest BCUT2D eigenvalue weighted by Gasteiger charge is -2.34. The number of halogens is 1. The molecule has 2 heterocycles. The Kier molecular flexibility index (Phi) is 3.79. The maximum absolute atomic E-state index is 6.29. The molecule has 0 radical (unpaired) electrons. The molecule has 4 rings (SSSR count). The van der Waals surface area contributed by atoms with Crippen LogP contribution in [0.4, 0.5) is 11.4 Å². The van der Waals surface area contributed by atoms with E-state index in [1.807, 2.05) is 42.5 Å². The topological polar surface area (TPSA) is 62.4 Å². The van der Waals surface area contributed by atoms with Crippen molar-refractivity contribution in [2.75, 3.05) is 11.9 Å². The third-order valence-corrected chi connectivity index (χ3v) is 4.89. The van der Waals surface area contributed by atoms with E-state index >= 15 is 0 Å². The number of para-hydroxylation sites is 2. The van der Waals surface area contributed by atoms with Gasteiger partial charge in [0.2, 0.25) is 0 Å². The molecular weight excluding hydrogens is 320 g/mol. The number of nitrogens with zero attached hydrogens (tertiary/aromatic N) is 1. The number of anilines is 1. The van der Waals surface area contributed by atoms with Crippen LogP contribution in [-0.4, -0.2) is 17.9 Å². The average Bonchev–Trinajstić information content (AvgIpc) is 2.91. The molecule has 1 fully saturated rings. The van der Waals surface area contributed by atoms with Gasteiger partial charge >= 0.3 is 0 Å². The molecule has 24 heavy (non-hydrogen) atoms. The van der Waals surface area contributed by atoms with E-state index in [2.05, 4.69) is 22.8 Å². The number of nitrogens with two attached hydrogens (primary N) is 1. The van der Waals surface area contributed by atoms with Gasteiger partial charge in [0.15, 0.2) is 0 Å². The number of aliphatic imine (C=N–C) groups is 1. The van der Waals surface area contributed by atoms with Crippen LogP contribution < -0.4 is 16.4 Å². The van der Waals surface area contributed by atoms with Crippen molar-refractivity contribution in [1.82, 2.24) is 5.32 Å². The zero-order chi connectivity index (χ0) is 16.6. The summed E-state index contributed by atoms with van der Waals surface area (Å²) in [5.41, 5.74) is 9.72. The monoisotopic (exact) mass is 338 g/mol. The van der Waals surface area contributed by atoms with Crippen molar-refractivity contribution < 1.29 is 0 Å². The standard InChI is InChI=1S/C19H19ClN4/c20-15-6-2-1-5-13(15)11-14-12-19(9-10-21)18(22-14)23-16-7-3-4-8-17(16)24-19/h1-8,11,24H,9-10,12,21H2,(H,22,23)/b14-11-. The highest BCUT2D eigenvalue weighted by atomic mass is 35.5. The van der Waals surface area contributed by atoms with Gasteiger partial charge in [0, 0.05) is 17.1 Å². The van der Waals surface area contributed by atoms with E-state index in [0.717, 1.165) is 46.3 Å². The lowest BCUT2D eigenvalue weighted by atomic mass is 9.89. The SMILES string of the molecule is NCCC12C/C(=C/c3ccccc3Cl)NC1=Nc1ccccc1N2. The molecule has 1 atom stereocenters. The number of nitrogens with one attached hydrogen (secondary N) is 2. The van der Waals surface area contributed by atoms with Crippen LogP contribution in [0.25, 0.3) is 6.08 Å². The summed E-state index contributed by atoms with van der Waals surface area (Å²) in [7, 11) is 0. The van der Waals surface area contributed by atoms with Crippen molar-refractivity contribution in [2.45, 2.75) is 18.4 Å². The van der Waals surface area contributed by atoms with Gasteiger partial charge in [-0.1, -0.05) is 41.9 Å². The third kappa shape index (κ3) is 2.58. The number of rotatable bonds is 3. The van der Waals surface area contributed by atoms with Gasteiger partial charge < -0.3 is 16.4 Å². The number of benzene rings is 2. The summed E-state index contributed by atoms with van der Waals surface area (Å²) in [6, 6.07) is 15.9. The largest absolute Gasteiger partial charge is 0.371 e. The van der Waals surface area contributed by atoms with Gasteiger partial charge in [-0.05, 0) is 42.8 Å². The third-order valence-electron chi connectivity index (χ3n) is 4.54. The van der Waals surface area contributed by atoms with E-state index in [9.17, 15) is 0 Å². The van der Waals surface area contributed by atoms with E-state index in [4.69, 9.17) is 22.3 Å². The second kappa shape index (κ2) is 5.96. The Hall–Kier alpha value is -2.30. The molecule has 4 N–H and O–H groups in total. The molecule has 4 nitrogen and oxygen atoms in total. The summed E-state index contributed by atoms with van der Waals surface area (Å²) < 4.78 is 0. The predicted octanol–water partition coefficient (Wildman–Crippen LogP) is 3.92. The van der Waals surface area contributed by atoms with Crippen molar-refractivity contribution >= 4 is 34.9 Å². The minimum Gasteiger partial charge on any atom is -0.371 e. The van der Waals surface area contributed by atoms with Crippen LogP contribution in [0, 0.1) is 0 Å². The Balaban J connectivity index is 1.73. The number of hydrogen-bond acceptors (Lipinski definition) is 4. The highest BCUT2D eigenvalue weighted by molar-refractivity contribution is 6.32. The summed E-state index contributed by atoms with van der Waals surface area (Å²) in [6.07, 6.45) is 3.71. The Morgan fingerprint density at radius 1 is 1.17 bits per heavy atom. The summed E-state index contributed by atoms with van der Waals surface area (Å²) in [4.78, 5) is 4.83. The van der Waals surface area contributed by atoms with E-state index in [0.29, 0.717) is 6.54 Å². The molecule has 1 unspecified atom stereocenters. The van der Waals surface area contributed by atoms with E-state index in [1.54, 1.807) is 0 Å². The zero-order valence-corrected chi connectivity index (χ0v) is 14.0. The molecular formula is C19H19ClN4. The Morgan fingerprint density at radius 3 is 2.79 bits per heavy atom. The lowest BCUT2D eigenvalue weighted by molar-refractivity contribution is 0.582. The van der Waals surface area contributed by atoms with Gasteiger partial charge in [0.1, 0.15) is 11.4 Å². The summed E-state index contributed by atoms with van der Waals surface area (Å²) >= 11 is 6.29. The van der Waals surface area contributed by atoms with Crippen LogP contribution >= 0.6 is 11.6 Å². The molecule has 2 aliphatic heterocycles. The quantitative estimate of drug-likeness (QED) is 0.795. The summed E-state index contributed by atoms with van der Waals surface area (Å²) in [6.45, 7) is 0.593. The molecule has 0 bridgehead atoms. The first kappa shape index (κ1) is 15.2. The van der Waals surface area contributed by atoms with Gasteiger partial charge in [0.25, 0.3) is 0 Å². The second-order valence-corrected chi connectivity index (χ2v) is 6.62. The maximum atomic E-state index is 6.29. The highest BCUT2D eigenvalue weighted by Crippen LogP contribution is 2.40. The molecule has 0 saturated carbocycles. The first-order valence-electron chi connectivity index (χ1n) is 8.09. The van der Waals surface area contributed by atoms with Crippen molar-refractivity contribution in [2.24, 2.45) is 10.7 Å². The van der Waals surface area contributed by atoms with Crippen molar-refractivity contribution in [3.63, 3.8) is 0 Å². The molecule has 0 aromatic heterocycles. The van der Waals surface area contributed by atoms with E-state index < -0.39 is 0 Å². The lowest BCUT2D eigenvalue weighted by Crippen LogP contribution is -2.48. The normalized spacial score (nSPS) is 23.1. The molecule has 2 aliphatic rings. The van der Waals surface area contributed by atoms with Crippen molar-refractivity contribution in [3.8, 4) is 0 Å².